The second-order valence-corrected chi connectivity index (χ2v) is 7.01. The summed E-state index contributed by atoms with van der Waals surface area (Å²) < 4.78 is 46.3. The number of amides is 2. The van der Waals surface area contributed by atoms with Gasteiger partial charge in [-0.15, -0.1) is 13.2 Å². The van der Waals surface area contributed by atoms with E-state index >= 15 is 0 Å². The lowest BCUT2D eigenvalue weighted by Gasteiger charge is -2.32. The number of benzene rings is 2. The van der Waals surface area contributed by atoms with Crippen molar-refractivity contribution in [1.29, 1.82) is 0 Å². The summed E-state index contributed by atoms with van der Waals surface area (Å²) in [4.78, 5) is 14.2. The highest BCUT2D eigenvalue weighted by Gasteiger charge is 2.31. The van der Waals surface area contributed by atoms with Crippen molar-refractivity contribution in [2.75, 3.05) is 18.4 Å². The Kier molecular flexibility index (Phi) is 6.64. The van der Waals surface area contributed by atoms with E-state index in [-0.39, 0.29) is 24.5 Å². The van der Waals surface area contributed by atoms with Gasteiger partial charge in [0.25, 0.3) is 0 Å². The maximum absolute atomic E-state index is 12.5. The van der Waals surface area contributed by atoms with Gasteiger partial charge in [-0.1, -0.05) is 29.8 Å². The van der Waals surface area contributed by atoms with E-state index in [2.05, 4.69) is 10.1 Å². The van der Waals surface area contributed by atoms with Crippen molar-refractivity contribution < 1.29 is 27.4 Å². The largest absolute Gasteiger partial charge is 0.573 e. The molecule has 2 aromatic carbocycles. The lowest BCUT2D eigenvalue weighted by Crippen LogP contribution is -2.45. The van der Waals surface area contributed by atoms with Crippen LogP contribution >= 0.6 is 0 Å². The molecule has 0 spiro atoms. The number of urea groups is 1. The summed E-state index contributed by atoms with van der Waals surface area (Å²) in [6.45, 7) is 3.35. The molecule has 156 valence electrons. The van der Waals surface area contributed by atoms with Gasteiger partial charge in [0, 0.05) is 18.8 Å². The molecule has 5 nitrogen and oxygen atoms in total. The Bertz CT molecular complexity index is 807. The zero-order valence-corrected chi connectivity index (χ0v) is 16.0. The average molecular weight is 408 g/mol. The summed E-state index contributed by atoms with van der Waals surface area (Å²) in [5.41, 5.74) is 2.60. The number of nitrogens with zero attached hydrogens (tertiary/aromatic N) is 1. The summed E-state index contributed by atoms with van der Waals surface area (Å²) in [5, 5.41) is 2.88. The molecule has 0 aliphatic carbocycles. The number of aryl methyl sites for hydroxylation is 1. The maximum Gasteiger partial charge on any atom is 0.573 e. The Morgan fingerprint density at radius 2 is 1.83 bits per heavy atom. The van der Waals surface area contributed by atoms with Crippen molar-refractivity contribution in [3.8, 4) is 5.75 Å². The van der Waals surface area contributed by atoms with E-state index in [1.165, 1.54) is 24.3 Å². The van der Waals surface area contributed by atoms with E-state index in [0.29, 0.717) is 13.1 Å². The first-order chi connectivity index (χ1) is 13.8. The van der Waals surface area contributed by atoms with Gasteiger partial charge in [0.05, 0.1) is 12.7 Å². The quantitative estimate of drug-likeness (QED) is 0.748. The number of piperidine rings is 1. The highest BCUT2D eigenvalue weighted by Crippen LogP contribution is 2.23. The highest BCUT2D eigenvalue weighted by molar-refractivity contribution is 5.89. The average Bonchev–Trinajstić information content (AvgIpc) is 2.68. The van der Waals surface area contributed by atoms with E-state index in [4.69, 9.17) is 4.74 Å². The topological polar surface area (TPSA) is 50.8 Å². The molecule has 0 saturated carbocycles. The molecule has 0 unspecified atom stereocenters. The van der Waals surface area contributed by atoms with E-state index in [1.807, 2.05) is 31.2 Å². The van der Waals surface area contributed by atoms with Crippen LogP contribution in [-0.2, 0) is 11.3 Å². The summed E-state index contributed by atoms with van der Waals surface area (Å²) in [6, 6.07) is 13.0. The number of rotatable bonds is 5. The minimum absolute atomic E-state index is 0.126. The van der Waals surface area contributed by atoms with Crippen LogP contribution in [0.2, 0.25) is 0 Å². The van der Waals surface area contributed by atoms with E-state index < -0.39 is 6.36 Å². The Hall–Kier alpha value is -2.74. The predicted octanol–water partition coefficient (Wildman–Crippen LogP) is 5.11. The highest BCUT2D eigenvalue weighted by atomic mass is 19.4. The zero-order valence-electron chi connectivity index (χ0n) is 16.0. The fourth-order valence-corrected chi connectivity index (χ4v) is 3.10. The van der Waals surface area contributed by atoms with E-state index in [0.717, 1.165) is 29.7 Å². The molecule has 2 aromatic rings. The van der Waals surface area contributed by atoms with Gasteiger partial charge in [0.15, 0.2) is 0 Å². The van der Waals surface area contributed by atoms with Crippen molar-refractivity contribution >= 4 is 11.7 Å². The summed E-state index contributed by atoms with van der Waals surface area (Å²) >= 11 is 0. The Morgan fingerprint density at radius 3 is 2.48 bits per heavy atom. The second-order valence-electron chi connectivity index (χ2n) is 7.01. The number of carbonyl (C=O) groups is 1. The molecule has 1 atom stereocenters. The van der Waals surface area contributed by atoms with Crippen LogP contribution in [0.1, 0.15) is 24.0 Å². The Labute approximate surface area is 167 Å². The summed E-state index contributed by atoms with van der Waals surface area (Å²) in [7, 11) is 0. The van der Waals surface area contributed by atoms with Crippen molar-refractivity contribution in [2.45, 2.75) is 38.8 Å². The molecule has 1 heterocycles. The molecule has 8 heteroatoms. The monoisotopic (exact) mass is 408 g/mol. The van der Waals surface area contributed by atoms with Crippen molar-refractivity contribution in [3.63, 3.8) is 0 Å². The third-order valence-electron chi connectivity index (χ3n) is 4.61. The predicted molar refractivity (Wildman–Crippen MR) is 103 cm³/mol. The minimum Gasteiger partial charge on any atom is -0.406 e. The molecule has 3 rings (SSSR count). The lowest BCUT2D eigenvalue weighted by molar-refractivity contribution is -0.274. The van der Waals surface area contributed by atoms with Crippen molar-refractivity contribution in [1.82, 2.24) is 4.90 Å². The van der Waals surface area contributed by atoms with E-state index in [1.54, 1.807) is 4.90 Å². The van der Waals surface area contributed by atoms with Crippen LogP contribution in [0, 0.1) is 6.92 Å². The number of halogens is 3. The third kappa shape index (κ3) is 6.67. The Morgan fingerprint density at radius 1 is 1.14 bits per heavy atom. The molecule has 1 N–H and O–H groups in total. The number of likely N-dealkylation sites (tertiary alicyclic amines) is 1. The van der Waals surface area contributed by atoms with Gasteiger partial charge in [-0.05, 0) is 49.6 Å². The first-order valence-corrected chi connectivity index (χ1v) is 9.37. The van der Waals surface area contributed by atoms with Gasteiger partial charge < -0.3 is 19.7 Å². The normalized spacial score (nSPS) is 17.1. The molecule has 0 bridgehead atoms. The smallest absolute Gasteiger partial charge is 0.406 e. The molecule has 1 saturated heterocycles. The molecule has 0 aromatic heterocycles. The Balaban J connectivity index is 1.48. The van der Waals surface area contributed by atoms with Crippen LogP contribution in [0.4, 0.5) is 23.7 Å². The standard InChI is InChI=1S/C21H23F3N2O3/c1-15-4-8-17(9-5-15)25-20(27)26-12-2-3-19(13-26)28-14-16-6-10-18(11-7-16)29-21(22,23)24/h4-11,19H,2-3,12-14H2,1H3,(H,25,27)/t19-/m1/s1. The molecule has 1 fully saturated rings. The van der Waals surface area contributed by atoms with Crippen LogP contribution in [0.3, 0.4) is 0 Å². The molecular formula is C21H23F3N2O3. The van der Waals surface area contributed by atoms with Crippen molar-refractivity contribution in [3.05, 3.63) is 59.7 Å². The summed E-state index contributed by atoms with van der Waals surface area (Å²) in [6.07, 6.45) is -3.19. The minimum atomic E-state index is -4.71. The first-order valence-electron chi connectivity index (χ1n) is 9.37. The van der Waals surface area contributed by atoms with Crippen LogP contribution < -0.4 is 10.1 Å². The van der Waals surface area contributed by atoms with Gasteiger partial charge in [-0.3, -0.25) is 0 Å². The number of ether oxygens (including phenoxy) is 2. The molecule has 29 heavy (non-hydrogen) atoms. The number of hydrogen-bond acceptors (Lipinski definition) is 3. The molecule has 0 radical (unpaired) electrons. The fraction of sp³-hybridized carbons (Fsp3) is 0.381. The van der Waals surface area contributed by atoms with Gasteiger partial charge in [0.2, 0.25) is 0 Å². The molecule has 1 aliphatic rings. The second kappa shape index (κ2) is 9.17. The van der Waals surface area contributed by atoms with Crippen LogP contribution in [0.25, 0.3) is 0 Å². The van der Waals surface area contributed by atoms with Crippen molar-refractivity contribution in [2.24, 2.45) is 0 Å². The molecular weight excluding hydrogens is 385 g/mol. The number of anilines is 1. The molecule has 2 amide bonds. The fourth-order valence-electron chi connectivity index (χ4n) is 3.10. The van der Waals surface area contributed by atoms with Gasteiger partial charge in [-0.25, -0.2) is 4.79 Å². The van der Waals surface area contributed by atoms with Crippen LogP contribution in [0.5, 0.6) is 5.75 Å². The number of alkyl halides is 3. The third-order valence-corrected chi connectivity index (χ3v) is 4.61. The van der Waals surface area contributed by atoms with E-state index in [9.17, 15) is 18.0 Å². The lowest BCUT2D eigenvalue weighted by atomic mass is 10.1. The van der Waals surface area contributed by atoms with Gasteiger partial charge in [0.1, 0.15) is 5.75 Å². The van der Waals surface area contributed by atoms with Crippen LogP contribution in [-0.4, -0.2) is 36.5 Å². The van der Waals surface area contributed by atoms with Crippen LogP contribution in [0.15, 0.2) is 48.5 Å². The zero-order chi connectivity index (χ0) is 20.9. The summed E-state index contributed by atoms with van der Waals surface area (Å²) in [5.74, 6) is -0.266. The van der Waals surface area contributed by atoms with Gasteiger partial charge in [-0.2, -0.15) is 0 Å². The first kappa shape index (κ1) is 21.0. The molecule has 1 aliphatic heterocycles. The van der Waals surface area contributed by atoms with Gasteiger partial charge >= 0.3 is 12.4 Å². The maximum atomic E-state index is 12.5. The number of hydrogen-bond donors (Lipinski definition) is 1. The number of carbonyl (C=O) groups excluding carboxylic acids is 1. The number of nitrogens with one attached hydrogen (secondary N) is 1. The SMILES string of the molecule is Cc1ccc(NC(=O)N2CCC[C@@H](OCc3ccc(OC(F)(F)F)cc3)C2)cc1.